The Kier molecular flexibility index (Phi) is 4.57. The Hall–Kier alpha value is -1.24. The van der Waals surface area contributed by atoms with E-state index in [4.69, 9.17) is 4.74 Å². The lowest BCUT2D eigenvalue weighted by Gasteiger charge is -2.29. The summed E-state index contributed by atoms with van der Waals surface area (Å²) in [7, 11) is 0. The summed E-state index contributed by atoms with van der Waals surface area (Å²) in [6.07, 6.45) is 5.32. The van der Waals surface area contributed by atoms with Crippen LogP contribution in [0.25, 0.3) is 0 Å². The zero-order valence-corrected chi connectivity index (χ0v) is 12.9. The minimum Gasteiger partial charge on any atom is -0.444 e. The molecular formula is C16H26N2O2. The third-order valence-electron chi connectivity index (χ3n) is 4.15. The maximum absolute atomic E-state index is 12.2. The van der Waals surface area contributed by atoms with Crippen molar-refractivity contribution in [2.45, 2.75) is 58.5 Å². The summed E-state index contributed by atoms with van der Waals surface area (Å²) >= 11 is 0. The van der Waals surface area contributed by atoms with Crippen molar-refractivity contribution in [2.75, 3.05) is 13.1 Å². The van der Waals surface area contributed by atoms with Gasteiger partial charge in [-0.1, -0.05) is 6.42 Å². The lowest BCUT2D eigenvalue weighted by molar-refractivity contribution is 0.0222. The predicted octanol–water partition coefficient (Wildman–Crippen LogP) is 3.57. The molecule has 1 aliphatic carbocycles. The molecule has 1 aliphatic heterocycles. The van der Waals surface area contributed by atoms with Crippen molar-refractivity contribution in [2.24, 2.45) is 17.8 Å². The van der Waals surface area contributed by atoms with Gasteiger partial charge in [0.05, 0.1) is 12.0 Å². The Morgan fingerprint density at radius 1 is 1.25 bits per heavy atom. The van der Waals surface area contributed by atoms with E-state index < -0.39 is 5.60 Å². The average Bonchev–Trinajstić information content (AvgIpc) is 3.14. The molecule has 0 bridgehead atoms. The molecule has 0 spiro atoms. The van der Waals surface area contributed by atoms with Crippen molar-refractivity contribution in [3.8, 4) is 6.07 Å². The molecule has 0 aromatic heterocycles. The van der Waals surface area contributed by atoms with Crippen molar-refractivity contribution in [3.63, 3.8) is 0 Å². The van der Waals surface area contributed by atoms with Crippen LogP contribution in [0.2, 0.25) is 0 Å². The SMILES string of the molecule is CC(C)(C)OC(=O)N1CCCCC(C(C#N)C2CC2)C1. The Bertz CT molecular complexity index is 390. The molecule has 1 heterocycles. The number of carbonyl (C=O) groups is 1. The highest BCUT2D eigenvalue weighted by atomic mass is 16.6. The lowest BCUT2D eigenvalue weighted by Crippen LogP contribution is -2.40. The fraction of sp³-hybridized carbons (Fsp3) is 0.875. The third kappa shape index (κ3) is 4.13. The molecule has 0 N–H and O–H groups in total. The van der Waals surface area contributed by atoms with Crippen LogP contribution in [0.3, 0.4) is 0 Å². The van der Waals surface area contributed by atoms with Crippen LogP contribution in [0.1, 0.15) is 52.9 Å². The highest BCUT2D eigenvalue weighted by Crippen LogP contribution is 2.42. The molecular weight excluding hydrogens is 252 g/mol. The van der Waals surface area contributed by atoms with Crippen LogP contribution < -0.4 is 0 Å². The van der Waals surface area contributed by atoms with E-state index >= 15 is 0 Å². The lowest BCUT2D eigenvalue weighted by atomic mass is 9.86. The number of nitrogens with zero attached hydrogens (tertiary/aromatic N) is 2. The van der Waals surface area contributed by atoms with Crippen LogP contribution in [-0.4, -0.2) is 29.7 Å². The number of hydrogen-bond donors (Lipinski definition) is 0. The van der Waals surface area contributed by atoms with E-state index in [0.717, 1.165) is 25.8 Å². The maximum atomic E-state index is 12.2. The molecule has 20 heavy (non-hydrogen) atoms. The second-order valence-electron chi connectivity index (χ2n) is 7.17. The number of amides is 1. The Balaban J connectivity index is 1.99. The van der Waals surface area contributed by atoms with Gasteiger partial charge in [-0.15, -0.1) is 0 Å². The normalized spacial score (nSPS) is 25.5. The molecule has 2 aliphatic rings. The van der Waals surface area contributed by atoms with Gasteiger partial charge < -0.3 is 9.64 Å². The number of rotatable bonds is 2. The summed E-state index contributed by atoms with van der Waals surface area (Å²) < 4.78 is 5.47. The van der Waals surface area contributed by atoms with Crippen LogP contribution in [0.4, 0.5) is 4.79 Å². The molecule has 4 nitrogen and oxygen atoms in total. The fourth-order valence-electron chi connectivity index (χ4n) is 3.01. The zero-order valence-electron chi connectivity index (χ0n) is 12.9. The van der Waals surface area contributed by atoms with Crippen LogP contribution in [0.15, 0.2) is 0 Å². The van der Waals surface area contributed by atoms with Crippen molar-refractivity contribution in [3.05, 3.63) is 0 Å². The fourth-order valence-corrected chi connectivity index (χ4v) is 3.01. The highest BCUT2D eigenvalue weighted by molar-refractivity contribution is 5.68. The molecule has 112 valence electrons. The van der Waals surface area contributed by atoms with Gasteiger partial charge in [-0.3, -0.25) is 0 Å². The van der Waals surface area contributed by atoms with E-state index in [-0.39, 0.29) is 12.0 Å². The number of likely N-dealkylation sites (tertiary alicyclic amines) is 1. The Labute approximate surface area is 122 Å². The van der Waals surface area contributed by atoms with Gasteiger partial charge in [-0.2, -0.15) is 5.26 Å². The summed E-state index contributed by atoms with van der Waals surface area (Å²) in [4.78, 5) is 14.0. The molecule has 2 atom stereocenters. The number of carbonyl (C=O) groups excluding carboxylic acids is 1. The van der Waals surface area contributed by atoms with Crippen LogP contribution in [0, 0.1) is 29.1 Å². The van der Waals surface area contributed by atoms with Gasteiger partial charge >= 0.3 is 6.09 Å². The zero-order chi connectivity index (χ0) is 14.8. The molecule has 0 aromatic rings. The minimum atomic E-state index is -0.454. The van der Waals surface area contributed by atoms with Gasteiger partial charge in [0.2, 0.25) is 0 Å². The highest BCUT2D eigenvalue weighted by Gasteiger charge is 2.38. The quantitative estimate of drug-likeness (QED) is 0.776. The Morgan fingerprint density at radius 3 is 2.50 bits per heavy atom. The summed E-state index contributed by atoms with van der Waals surface area (Å²) in [5.41, 5.74) is -0.454. The van der Waals surface area contributed by atoms with E-state index in [2.05, 4.69) is 6.07 Å². The van der Waals surface area contributed by atoms with Crippen molar-refractivity contribution in [1.82, 2.24) is 4.90 Å². The third-order valence-corrected chi connectivity index (χ3v) is 4.15. The second-order valence-corrected chi connectivity index (χ2v) is 7.17. The predicted molar refractivity (Wildman–Crippen MR) is 77.0 cm³/mol. The Morgan fingerprint density at radius 2 is 1.95 bits per heavy atom. The number of nitriles is 1. The first kappa shape index (κ1) is 15.2. The standard InChI is InChI=1S/C16H26N2O2/c1-16(2,3)20-15(19)18-9-5-4-6-13(11-18)14(10-17)12-7-8-12/h12-14H,4-9,11H2,1-3H3. The molecule has 4 heteroatoms. The van der Waals surface area contributed by atoms with E-state index in [0.29, 0.717) is 18.4 Å². The number of ether oxygens (including phenoxy) is 1. The second kappa shape index (κ2) is 6.03. The van der Waals surface area contributed by atoms with Gasteiger partial charge in [0, 0.05) is 13.1 Å². The molecule has 1 saturated heterocycles. The summed E-state index contributed by atoms with van der Waals surface area (Å²) in [6.45, 7) is 7.12. The maximum Gasteiger partial charge on any atom is 0.410 e. The molecule has 2 unspecified atom stereocenters. The molecule has 2 rings (SSSR count). The first-order valence-corrected chi connectivity index (χ1v) is 7.78. The first-order chi connectivity index (χ1) is 9.40. The average molecular weight is 278 g/mol. The number of hydrogen-bond acceptors (Lipinski definition) is 3. The van der Waals surface area contributed by atoms with Gasteiger partial charge in [-0.25, -0.2) is 4.79 Å². The van der Waals surface area contributed by atoms with E-state index in [1.54, 1.807) is 0 Å². The summed E-state index contributed by atoms with van der Waals surface area (Å²) in [5.74, 6) is 1.02. The minimum absolute atomic E-state index is 0.123. The van der Waals surface area contributed by atoms with E-state index in [1.165, 1.54) is 12.8 Å². The monoisotopic (exact) mass is 278 g/mol. The summed E-state index contributed by atoms with van der Waals surface area (Å²) in [5, 5.41) is 9.41. The van der Waals surface area contributed by atoms with Crippen molar-refractivity contribution < 1.29 is 9.53 Å². The van der Waals surface area contributed by atoms with Gasteiger partial charge in [-0.05, 0) is 58.3 Å². The topological polar surface area (TPSA) is 53.3 Å². The smallest absolute Gasteiger partial charge is 0.410 e. The molecule has 0 aromatic carbocycles. The molecule has 2 fully saturated rings. The summed E-state index contributed by atoms with van der Waals surface area (Å²) in [6, 6.07) is 2.49. The molecule has 1 saturated carbocycles. The van der Waals surface area contributed by atoms with Crippen molar-refractivity contribution in [1.29, 1.82) is 5.26 Å². The van der Waals surface area contributed by atoms with Gasteiger partial charge in [0.1, 0.15) is 5.60 Å². The van der Waals surface area contributed by atoms with Crippen LogP contribution in [-0.2, 0) is 4.74 Å². The van der Waals surface area contributed by atoms with Crippen LogP contribution >= 0.6 is 0 Å². The molecule has 0 radical (unpaired) electrons. The first-order valence-electron chi connectivity index (χ1n) is 7.78. The van der Waals surface area contributed by atoms with E-state index in [9.17, 15) is 10.1 Å². The van der Waals surface area contributed by atoms with E-state index in [1.807, 2.05) is 25.7 Å². The largest absolute Gasteiger partial charge is 0.444 e. The van der Waals surface area contributed by atoms with Crippen LogP contribution in [0.5, 0.6) is 0 Å². The molecule has 1 amide bonds. The van der Waals surface area contributed by atoms with Gasteiger partial charge in [0.15, 0.2) is 0 Å². The van der Waals surface area contributed by atoms with Crippen molar-refractivity contribution >= 4 is 6.09 Å². The van der Waals surface area contributed by atoms with Gasteiger partial charge in [0.25, 0.3) is 0 Å².